The van der Waals surface area contributed by atoms with Gasteiger partial charge in [-0.2, -0.15) is 0 Å². The molecule has 19 heavy (non-hydrogen) atoms. The maximum Gasteiger partial charge on any atom is 0.165 e. The Morgan fingerprint density at radius 2 is 2.11 bits per heavy atom. The molecule has 3 N–H and O–H groups in total. The van der Waals surface area contributed by atoms with Crippen molar-refractivity contribution < 1.29 is 9.13 Å². The van der Waals surface area contributed by atoms with E-state index in [4.69, 9.17) is 10.5 Å². The number of nitrogen functional groups attached to an aromatic ring is 1. The Morgan fingerprint density at radius 3 is 2.84 bits per heavy atom. The van der Waals surface area contributed by atoms with Crippen LogP contribution in [0.1, 0.15) is 0 Å². The van der Waals surface area contributed by atoms with Gasteiger partial charge in [0.25, 0.3) is 0 Å². The number of aromatic amines is 1. The fourth-order valence-electron chi connectivity index (χ4n) is 2.00. The highest BCUT2D eigenvalue weighted by Crippen LogP contribution is 2.27. The minimum Gasteiger partial charge on any atom is -0.494 e. The number of fused-ring (bicyclic) bond motifs is 1. The summed E-state index contributed by atoms with van der Waals surface area (Å²) in [6.07, 6.45) is 0. The normalized spacial score (nSPS) is 10.8. The van der Waals surface area contributed by atoms with E-state index in [-0.39, 0.29) is 5.75 Å². The molecule has 5 heteroatoms. The lowest BCUT2D eigenvalue weighted by Gasteiger charge is -2.03. The van der Waals surface area contributed by atoms with Gasteiger partial charge in [-0.3, -0.25) is 0 Å². The first-order valence-electron chi connectivity index (χ1n) is 5.77. The minimum atomic E-state index is -0.401. The maximum absolute atomic E-state index is 13.4. The van der Waals surface area contributed by atoms with E-state index in [1.165, 1.54) is 13.2 Å². The van der Waals surface area contributed by atoms with Crippen LogP contribution in [0.15, 0.2) is 36.4 Å². The Bertz CT molecular complexity index is 752. The molecule has 0 saturated heterocycles. The Labute approximate surface area is 109 Å². The largest absolute Gasteiger partial charge is 0.494 e. The summed E-state index contributed by atoms with van der Waals surface area (Å²) in [4.78, 5) is 7.58. The topological polar surface area (TPSA) is 63.9 Å². The number of anilines is 1. The molecule has 0 spiro atoms. The Morgan fingerprint density at radius 1 is 1.26 bits per heavy atom. The Kier molecular flexibility index (Phi) is 2.59. The summed E-state index contributed by atoms with van der Waals surface area (Å²) in [7, 11) is 1.43. The summed E-state index contributed by atoms with van der Waals surface area (Å²) in [6.45, 7) is 0. The van der Waals surface area contributed by atoms with E-state index in [1.54, 1.807) is 18.2 Å². The highest BCUT2D eigenvalue weighted by atomic mass is 19.1. The van der Waals surface area contributed by atoms with Crippen molar-refractivity contribution in [3.05, 3.63) is 42.2 Å². The number of nitrogens with one attached hydrogen (secondary N) is 1. The number of hydrogen-bond donors (Lipinski definition) is 2. The smallest absolute Gasteiger partial charge is 0.165 e. The van der Waals surface area contributed by atoms with Crippen LogP contribution in [-0.2, 0) is 0 Å². The number of nitrogens with zero attached hydrogens (tertiary/aromatic N) is 1. The number of rotatable bonds is 2. The van der Waals surface area contributed by atoms with Gasteiger partial charge in [0.2, 0.25) is 0 Å². The van der Waals surface area contributed by atoms with Crippen molar-refractivity contribution in [1.29, 1.82) is 0 Å². The zero-order valence-corrected chi connectivity index (χ0v) is 10.3. The molecule has 0 atom stereocenters. The number of nitrogens with two attached hydrogens (primary N) is 1. The number of H-pyrrole nitrogens is 1. The van der Waals surface area contributed by atoms with Crippen LogP contribution in [0.25, 0.3) is 22.4 Å². The monoisotopic (exact) mass is 257 g/mol. The second-order valence-corrected chi connectivity index (χ2v) is 4.18. The van der Waals surface area contributed by atoms with Gasteiger partial charge in [0.05, 0.1) is 18.3 Å². The van der Waals surface area contributed by atoms with Crippen LogP contribution in [0.2, 0.25) is 0 Å². The van der Waals surface area contributed by atoms with Crippen LogP contribution in [0.3, 0.4) is 0 Å². The summed E-state index contributed by atoms with van der Waals surface area (Å²) < 4.78 is 18.3. The van der Waals surface area contributed by atoms with E-state index < -0.39 is 5.82 Å². The van der Waals surface area contributed by atoms with Crippen LogP contribution in [0, 0.1) is 5.82 Å². The molecule has 3 rings (SSSR count). The van der Waals surface area contributed by atoms with Crippen LogP contribution in [0.4, 0.5) is 10.1 Å². The second-order valence-electron chi connectivity index (χ2n) is 4.18. The van der Waals surface area contributed by atoms with Gasteiger partial charge in [-0.25, -0.2) is 9.37 Å². The third-order valence-corrected chi connectivity index (χ3v) is 2.97. The summed E-state index contributed by atoms with van der Waals surface area (Å²) in [6, 6.07) is 10.1. The van der Waals surface area contributed by atoms with Crippen molar-refractivity contribution in [2.24, 2.45) is 0 Å². The van der Waals surface area contributed by atoms with Gasteiger partial charge < -0.3 is 15.5 Å². The molecule has 0 aliphatic rings. The number of aromatic nitrogens is 2. The minimum absolute atomic E-state index is 0.186. The molecule has 0 fully saturated rings. The molecule has 1 aromatic heterocycles. The summed E-state index contributed by atoms with van der Waals surface area (Å²) in [5.74, 6) is 0.416. The van der Waals surface area contributed by atoms with Gasteiger partial charge in [-0.05, 0) is 30.3 Å². The average Bonchev–Trinajstić information content (AvgIpc) is 2.85. The quantitative estimate of drug-likeness (QED) is 0.694. The van der Waals surface area contributed by atoms with Gasteiger partial charge in [0.15, 0.2) is 11.6 Å². The van der Waals surface area contributed by atoms with E-state index in [0.717, 1.165) is 11.1 Å². The first kappa shape index (κ1) is 11.5. The molecular weight excluding hydrogens is 245 g/mol. The van der Waals surface area contributed by atoms with E-state index in [1.807, 2.05) is 12.1 Å². The zero-order chi connectivity index (χ0) is 13.4. The molecule has 0 aliphatic heterocycles. The van der Waals surface area contributed by atoms with E-state index >= 15 is 0 Å². The van der Waals surface area contributed by atoms with Gasteiger partial charge >= 0.3 is 0 Å². The number of halogens is 1. The molecule has 2 aromatic carbocycles. The Hall–Kier alpha value is -2.56. The zero-order valence-electron chi connectivity index (χ0n) is 10.3. The predicted molar refractivity (Wildman–Crippen MR) is 72.5 cm³/mol. The molecule has 0 bridgehead atoms. The molecule has 0 saturated carbocycles. The van der Waals surface area contributed by atoms with Crippen molar-refractivity contribution in [3.63, 3.8) is 0 Å². The van der Waals surface area contributed by atoms with Crippen LogP contribution in [0.5, 0.6) is 5.75 Å². The Balaban J connectivity index is 2.16. The molecular formula is C14H12FN3O. The van der Waals surface area contributed by atoms with Gasteiger partial charge in [-0.15, -0.1) is 0 Å². The summed E-state index contributed by atoms with van der Waals surface area (Å²) in [5, 5.41) is 0. The number of ether oxygens (including phenoxy) is 1. The SMILES string of the molecule is COc1cc(-c2nc3c(N)cccc3[nH]2)ccc1F. The second kappa shape index (κ2) is 4.28. The maximum atomic E-state index is 13.4. The fourth-order valence-corrected chi connectivity index (χ4v) is 2.00. The van der Waals surface area contributed by atoms with Gasteiger partial charge in [0.1, 0.15) is 11.3 Å². The van der Waals surface area contributed by atoms with E-state index in [0.29, 0.717) is 17.0 Å². The lowest BCUT2D eigenvalue weighted by molar-refractivity contribution is 0.387. The third-order valence-electron chi connectivity index (χ3n) is 2.97. The number of methoxy groups -OCH3 is 1. The van der Waals surface area contributed by atoms with Gasteiger partial charge in [0, 0.05) is 5.56 Å². The predicted octanol–water partition coefficient (Wildman–Crippen LogP) is 2.96. The number of para-hydroxylation sites is 1. The molecule has 0 radical (unpaired) electrons. The summed E-state index contributed by atoms with van der Waals surface area (Å²) in [5.41, 5.74) is 8.77. The highest BCUT2D eigenvalue weighted by molar-refractivity contribution is 5.89. The van der Waals surface area contributed by atoms with Crippen LogP contribution < -0.4 is 10.5 Å². The van der Waals surface area contributed by atoms with Crippen molar-refractivity contribution in [3.8, 4) is 17.1 Å². The first-order valence-corrected chi connectivity index (χ1v) is 5.77. The number of benzene rings is 2. The van der Waals surface area contributed by atoms with E-state index in [9.17, 15) is 4.39 Å². The average molecular weight is 257 g/mol. The van der Waals surface area contributed by atoms with Crippen molar-refractivity contribution >= 4 is 16.7 Å². The van der Waals surface area contributed by atoms with Crippen LogP contribution in [-0.4, -0.2) is 17.1 Å². The molecule has 1 heterocycles. The standard InChI is InChI=1S/C14H12FN3O/c1-19-12-7-8(5-6-9(12)15)14-17-11-4-2-3-10(16)13(11)18-14/h2-7H,16H2,1H3,(H,17,18). The third kappa shape index (κ3) is 1.89. The van der Waals surface area contributed by atoms with Crippen molar-refractivity contribution in [2.75, 3.05) is 12.8 Å². The van der Waals surface area contributed by atoms with Crippen molar-refractivity contribution in [1.82, 2.24) is 9.97 Å². The summed E-state index contributed by atoms with van der Waals surface area (Å²) >= 11 is 0. The highest BCUT2D eigenvalue weighted by Gasteiger charge is 2.10. The fraction of sp³-hybridized carbons (Fsp3) is 0.0714. The number of imidazole rings is 1. The first-order chi connectivity index (χ1) is 9.19. The lowest BCUT2D eigenvalue weighted by atomic mass is 10.2. The molecule has 4 nitrogen and oxygen atoms in total. The van der Waals surface area contributed by atoms with E-state index in [2.05, 4.69) is 9.97 Å². The molecule has 3 aromatic rings. The molecule has 0 unspecified atom stereocenters. The molecule has 96 valence electrons. The van der Waals surface area contributed by atoms with Gasteiger partial charge in [-0.1, -0.05) is 6.07 Å². The molecule has 0 aliphatic carbocycles. The van der Waals surface area contributed by atoms with Crippen LogP contribution >= 0.6 is 0 Å². The van der Waals surface area contributed by atoms with Crippen molar-refractivity contribution in [2.45, 2.75) is 0 Å². The molecule has 0 amide bonds. The number of hydrogen-bond acceptors (Lipinski definition) is 3. The lowest BCUT2D eigenvalue weighted by Crippen LogP contribution is -1.89.